The predicted molar refractivity (Wildman–Crippen MR) is 158 cm³/mol. The molecule has 0 saturated heterocycles. The molecule has 0 aliphatic heterocycles. The van der Waals surface area contributed by atoms with Crippen molar-refractivity contribution >= 4 is 11.0 Å². The molecule has 5 rings (SSSR count). The molecule has 0 unspecified atom stereocenters. The number of aryl methyl sites for hydroxylation is 2. The van der Waals surface area contributed by atoms with E-state index >= 15 is 0 Å². The number of imidazole rings is 2. The molecule has 0 radical (unpaired) electrons. The summed E-state index contributed by atoms with van der Waals surface area (Å²) >= 11 is 0. The van der Waals surface area contributed by atoms with Crippen LogP contribution in [0.1, 0.15) is 67.0 Å². The summed E-state index contributed by atoms with van der Waals surface area (Å²) in [6.07, 6.45) is 10.5. The highest BCUT2D eigenvalue weighted by molar-refractivity contribution is 5.74. The van der Waals surface area contributed by atoms with Crippen LogP contribution in [0.3, 0.4) is 0 Å². The van der Waals surface area contributed by atoms with E-state index in [2.05, 4.69) is 29.9 Å². The second kappa shape index (κ2) is 31.2. The van der Waals surface area contributed by atoms with Crippen LogP contribution < -0.4 is 0 Å². The zero-order valence-corrected chi connectivity index (χ0v) is 24.0. The maximum Gasteiger partial charge on any atom is 0.104 e. The van der Waals surface area contributed by atoms with Crippen molar-refractivity contribution in [3.05, 3.63) is 109 Å². The predicted octanol–water partition coefficient (Wildman–Crippen LogP) is 8.86. The molecule has 4 heterocycles. The summed E-state index contributed by atoms with van der Waals surface area (Å²) in [5.41, 5.74) is 2.15. The van der Waals surface area contributed by atoms with Crippen molar-refractivity contribution in [1.29, 1.82) is 0 Å². The number of aromatic nitrogens is 6. The maximum absolute atomic E-state index is 4.26. The highest BCUT2D eigenvalue weighted by atomic mass is 14.9. The lowest BCUT2D eigenvalue weighted by atomic mass is 10.3. The van der Waals surface area contributed by atoms with E-state index in [9.17, 15) is 0 Å². The number of hydrogen-bond donors (Lipinski definition) is 2. The molecule has 0 bridgehead atoms. The Morgan fingerprint density at radius 3 is 1.28 bits per heavy atom. The number of hydrogen-bond acceptors (Lipinski definition) is 4. The molecule has 0 atom stereocenters. The Morgan fingerprint density at radius 1 is 0.528 bits per heavy atom. The highest BCUT2D eigenvalue weighted by Gasteiger charge is 1.94. The molecule has 0 aliphatic rings. The Morgan fingerprint density at radius 2 is 1.00 bits per heavy atom. The van der Waals surface area contributed by atoms with Crippen molar-refractivity contribution in [2.45, 2.75) is 69.2 Å². The van der Waals surface area contributed by atoms with Crippen molar-refractivity contribution in [2.75, 3.05) is 0 Å². The third-order valence-electron chi connectivity index (χ3n) is 3.28. The lowest BCUT2D eigenvalue weighted by Crippen LogP contribution is -1.68. The number of para-hydroxylation sites is 2. The molecule has 1 aromatic carbocycles. The van der Waals surface area contributed by atoms with Gasteiger partial charge in [0.15, 0.2) is 0 Å². The number of fused-ring (bicyclic) bond motifs is 1. The van der Waals surface area contributed by atoms with Gasteiger partial charge in [0, 0.05) is 37.2 Å². The van der Waals surface area contributed by atoms with Crippen molar-refractivity contribution in [3.63, 3.8) is 0 Å². The molecule has 0 fully saturated rings. The third kappa shape index (κ3) is 22.0. The van der Waals surface area contributed by atoms with Crippen LogP contribution in [0.15, 0.2) is 97.8 Å². The van der Waals surface area contributed by atoms with Crippen molar-refractivity contribution in [1.82, 2.24) is 29.9 Å². The largest absolute Gasteiger partial charge is 0.349 e. The van der Waals surface area contributed by atoms with Crippen LogP contribution in [0.25, 0.3) is 11.0 Å². The minimum Gasteiger partial charge on any atom is -0.349 e. The molecular weight excluding hydrogens is 444 g/mol. The van der Waals surface area contributed by atoms with Crippen LogP contribution in [0.4, 0.5) is 0 Å². The van der Waals surface area contributed by atoms with E-state index in [4.69, 9.17) is 0 Å². The monoisotopic (exact) mass is 492 g/mol. The van der Waals surface area contributed by atoms with Gasteiger partial charge in [0.1, 0.15) is 11.6 Å². The second-order valence-electron chi connectivity index (χ2n) is 5.56. The van der Waals surface area contributed by atoms with E-state index in [0.29, 0.717) is 0 Å². The van der Waals surface area contributed by atoms with E-state index in [1.54, 1.807) is 37.2 Å². The van der Waals surface area contributed by atoms with E-state index < -0.39 is 0 Å². The first-order valence-electron chi connectivity index (χ1n) is 12.8. The smallest absolute Gasteiger partial charge is 0.104 e. The van der Waals surface area contributed by atoms with Gasteiger partial charge in [-0.2, -0.15) is 0 Å². The summed E-state index contributed by atoms with van der Waals surface area (Å²) in [4.78, 5) is 21.7. The van der Waals surface area contributed by atoms with Gasteiger partial charge in [-0.3, -0.25) is 9.97 Å². The van der Waals surface area contributed by atoms with Crippen LogP contribution in [0.2, 0.25) is 0 Å². The lowest BCUT2D eigenvalue weighted by Gasteiger charge is -1.81. The number of aromatic amines is 2. The molecular formula is C30H48N6. The van der Waals surface area contributed by atoms with Gasteiger partial charge in [-0.15, -0.1) is 0 Å². The summed E-state index contributed by atoms with van der Waals surface area (Å²) in [5.74, 6) is 1.94. The minimum atomic E-state index is 0.968. The van der Waals surface area contributed by atoms with Crippen molar-refractivity contribution in [2.24, 2.45) is 0 Å². The van der Waals surface area contributed by atoms with Gasteiger partial charge >= 0.3 is 0 Å². The lowest BCUT2D eigenvalue weighted by molar-refractivity contribution is 1.15. The van der Waals surface area contributed by atoms with E-state index in [1.165, 1.54) is 0 Å². The molecule has 198 valence electrons. The average molecular weight is 493 g/mol. The molecule has 0 aliphatic carbocycles. The number of benzene rings is 1. The van der Waals surface area contributed by atoms with E-state index in [1.807, 2.05) is 130 Å². The molecule has 0 saturated carbocycles. The third-order valence-corrected chi connectivity index (χ3v) is 3.28. The van der Waals surface area contributed by atoms with Gasteiger partial charge < -0.3 is 9.97 Å². The van der Waals surface area contributed by atoms with Gasteiger partial charge in [0.2, 0.25) is 0 Å². The van der Waals surface area contributed by atoms with E-state index in [-0.39, 0.29) is 0 Å². The fourth-order valence-corrected chi connectivity index (χ4v) is 2.05. The normalized spacial score (nSPS) is 7.72. The molecule has 36 heavy (non-hydrogen) atoms. The Kier molecular flexibility index (Phi) is 31.9. The Hall–Kier alpha value is -3.80. The molecule has 0 amide bonds. The SMILES string of the molecule is CC.CC.CC.CC.Cc1nc2ccccc2[nH]1.Cc1ncc[nH]1.c1ccncc1.c1ccncc1. The van der Waals surface area contributed by atoms with Crippen LogP contribution in [-0.2, 0) is 0 Å². The van der Waals surface area contributed by atoms with Gasteiger partial charge in [-0.25, -0.2) is 9.97 Å². The van der Waals surface area contributed by atoms with Crippen LogP contribution in [-0.4, -0.2) is 29.9 Å². The fraction of sp³-hybridized carbons (Fsp3) is 0.333. The topological polar surface area (TPSA) is 83.1 Å². The molecule has 6 nitrogen and oxygen atoms in total. The molecule has 0 spiro atoms. The van der Waals surface area contributed by atoms with Gasteiger partial charge in [-0.05, 0) is 50.2 Å². The first-order chi connectivity index (χ1) is 17.8. The summed E-state index contributed by atoms with van der Waals surface area (Å²) in [6.45, 7) is 19.9. The number of rotatable bonds is 0. The van der Waals surface area contributed by atoms with Crippen LogP contribution >= 0.6 is 0 Å². The fourth-order valence-electron chi connectivity index (χ4n) is 2.05. The van der Waals surface area contributed by atoms with Crippen LogP contribution in [0.5, 0.6) is 0 Å². The van der Waals surface area contributed by atoms with Gasteiger partial charge in [0.25, 0.3) is 0 Å². The molecule has 2 N–H and O–H groups in total. The number of nitrogens with zero attached hydrogens (tertiary/aromatic N) is 4. The zero-order chi connectivity index (χ0) is 27.9. The standard InChI is InChI=1S/C8H8N2.2C5H5N.C4H6N2.4C2H6/c1-6-9-7-4-2-3-5-8(7)10-6;2*1-2-4-6-5-3-1;1-4-5-2-3-6-4;4*1-2/h2-5H,1H3,(H,9,10);2*1-5H;2-3H,1H3,(H,5,6);4*1-2H3. The summed E-state index contributed by atoms with van der Waals surface area (Å²) < 4.78 is 0. The van der Waals surface area contributed by atoms with Gasteiger partial charge in [-0.1, -0.05) is 79.7 Å². The Labute approximate surface area is 219 Å². The first-order valence-corrected chi connectivity index (χ1v) is 12.8. The molecule has 6 heteroatoms. The van der Waals surface area contributed by atoms with Gasteiger partial charge in [0.05, 0.1) is 11.0 Å². The first kappa shape index (κ1) is 36.8. The Bertz CT molecular complexity index is 864. The van der Waals surface area contributed by atoms with E-state index in [0.717, 1.165) is 22.7 Å². The number of H-pyrrole nitrogens is 2. The summed E-state index contributed by atoms with van der Waals surface area (Å²) in [6, 6.07) is 19.4. The zero-order valence-electron chi connectivity index (χ0n) is 24.0. The quantitative estimate of drug-likeness (QED) is 0.226. The number of nitrogens with one attached hydrogen (secondary N) is 2. The van der Waals surface area contributed by atoms with Crippen molar-refractivity contribution in [3.8, 4) is 0 Å². The number of pyridine rings is 2. The van der Waals surface area contributed by atoms with Crippen LogP contribution in [0, 0.1) is 13.8 Å². The molecule has 4 aromatic heterocycles. The Balaban J connectivity index is -0.000000376. The average Bonchev–Trinajstić information content (AvgIpc) is 3.63. The maximum atomic E-state index is 4.26. The second-order valence-corrected chi connectivity index (χ2v) is 5.56. The molecule has 5 aromatic rings. The summed E-state index contributed by atoms with van der Waals surface area (Å²) in [7, 11) is 0. The van der Waals surface area contributed by atoms with Crippen molar-refractivity contribution < 1.29 is 0 Å². The highest BCUT2D eigenvalue weighted by Crippen LogP contribution is 2.08. The minimum absolute atomic E-state index is 0.968. The summed E-state index contributed by atoms with van der Waals surface area (Å²) in [5, 5.41) is 0.